The monoisotopic (exact) mass is 173 g/mol. The lowest BCUT2D eigenvalue weighted by molar-refractivity contribution is 0.923. The number of hydrogen-bond donors (Lipinski definition) is 1. The van der Waals surface area contributed by atoms with Crippen molar-refractivity contribution in [2.45, 2.75) is 26.7 Å². The molecule has 0 unspecified atom stereocenters. The Balaban J connectivity index is 2.53. The van der Waals surface area contributed by atoms with Gasteiger partial charge in [-0.15, -0.1) is 0 Å². The van der Waals surface area contributed by atoms with Crippen LogP contribution in [0.25, 0.3) is 10.9 Å². The Morgan fingerprint density at radius 3 is 2.92 bits per heavy atom. The molecule has 1 N–H and O–H groups in total. The lowest BCUT2D eigenvalue weighted by Gasteiger charge is -1.98. The summed E-state index contributed by atoms with van der Waals surface area (Å²) in [4.78, 5) is 3.26. The number of aromatic amines is 1. The zero-order chi connectivity index (χ0) is 9.26. The lowest BCUT2D eigenvalue weighted by Crippen LogP contribution is -1.82. The van der Waals surface area contributed by atoms with E-state index in [0.717, 1.165) is 0 Å². The van der Waals surface area contributed by atoms with Gasteiger partial charge in [-0.3, -0.25) is 0 Å². The van der Waals surface area contributed by atoms with Crippen molar-refractivity contribution in [3.05, 3.63) is 35.5 Å². The third kappa shape index (κ3) is 1.46. The van der Waals surface area contributed by atoms with Gasteiger partial charge < -0.3 is 4.98 Å². The molecule has 0 atom stereocenters. The highest BCUT2D eigenvalue weighted by Crippen LogP contribution is 2.19. The van der Waals surface area contributed by atoms with E-state index in [1.807, 2.05) is 0 Å². The van der Waals surface area contributed by atoms with E-state index < -0.39 is 0 Å². The highest BCUT2D eigenvalue weighted by atomic mass is 14.7. The van der Waals surface area contributed by atoms with Gasteiger partial charge in [-0.05, 0) is 36.6 Å². The van der Waals surface area contributed by atoms with Crippen molar-refractivity contribution in [2.24, 2.45) is 0 Å². The van der Waals surface area contributed by atoms with Gasteiger partial charge in [0, 0.05) is 17.1 Å². The van der Waals surface area contributed by atoms with Crippen LogP contribution in [-0.2, 0) is 6.42 Å². The molecule has 2 aromatic rings. The molecular weight excluding hydrogens is 158 g/mol. The van der Waals surface area contributed by atoms with Crippen LogP contribution in [-0.4, -0.2) is 4.98 Å². The summed E-state index contributed by atoms with van der Waals surface area (Å²) in [5.74, 6) is 0. The predicted octanol–water partition coefficient (Wildman–Crippen LogP) is 3.43. The summed E-state index contributed by atoms with van der Waals surface area (Å²) >= 11 is 0. The van der Waals surface area contributed by atoms with E-state index in [-0.39, 0.29) is 0 Å². The maximum absolute atomic E-state index is 3.26. The Labute approximate surface area is 78.8 Å². The summed E-state index contributed by atoms with van der Waals surface area (Å²) in [6.45, 7) is 4.36. The van der Waals surface area contributed by atoms with E-state index in [2.05, 4.69) is 43.2 Å². The van der Waals surface area contributed by atoms with Gasteiger partial charge in [0.15, 0.2) is 0 Å². The molecule has 1 heterocycles. The molecule has 0 fully saturated rings. The fourth-order valence-corrected chi connectivity index (χ4v) is 1.75. The zero-order valence-corrected chi connectivity index (χ0v) is 8.22. The fourth-order valence-electron chi connectivity index (χ4n) is 1.75. The summed E-state index contributed by atoms with van der Waals surface area (Å²) in [6.07, 6.45) is 4.47. The number of rotatable bonds is 2. The second kappa shape index (κ2) is 3.25. The SMILES string of the molecule is CCCc1ccc2[nH]cc(C)c2c1. The summed E-state index contributed by atoms with van der Waals surface area (Å²) in [7, 11) is 0. The summed E-state index contributed by atoms with van der Waals surface area (Å²) in [5, 5.41) is 1.37. The Morgan fingerprint density at radius 2 is 2.15 bits per heavy atom. The minimum atomic E-state index is 1.18. The second-order valence-electron chi connectivity index (χ2n) is 3.60. The minimum Gasteiger partial charge on any atom is -0.361 e. The fraction of sp³-hybridized carbons (Fsp3) is 0.333. The average molecular weight is 173 g/mol. The number of H-pyrrole nitrogens is 1. The number of aromatic nitrogens is 1. The molecule has 1 nitrogen and oxygen atoms in total. The van der Waals surface area contributed by atoms with Gasteiger partial charge in [0.25, 0.3) is 0 Å². The van der Waals surface area contributed by atoms with Gasteiger partial charge in [-0.1, -0.05) is 19.4 Å². The molecule has 1 aromatic heterocycles. The third-order valence-electron chi connectivity index (χ3n) is 2.49. The first-order valence-corrected chi connectivity index (χ1v) is 4.88. The molecule has 0 radical (unpaired) electrons. The molecule has 0 spiro atoms. The molecular formula is C12H15N. The van der Waals surface area contributed by atoms with Crippen LogP contribution >= 0.6 is 0 Å². The molecule has 2 rings (SSSR count). The molecule has 0 bridgehead atoms. The van der Waals surface area contributed by atoms with E-state index >= 15 is 0 Å². The van der Waals surface area contributed by atoms with Crippen LogP contribution in [0.4, 0.5) is 0 Å². The molecule has 13 heavy (non-hydrogen) atoms. The van der Waals surface area contributed by atoms with Crippen molar-refractivity contribution in [1.82, 2.24) is 4.98 Å². The average Bonchev–Trinajstić information content (AvgIpc) is 2.49. The van der Waals surface area contributed by atoms with Crippen molar-refractivity contribution in [1.29, 1.82) is 0 Å². The van der Waals surface area contributed by atoms with Gasteiger partial charge in [0.05, 0.1) is 0 Å². The molecule has 0 amide bonds. The second-order valence-corrected chi connectivity index (χ2v) is 3.60. The van der Waals surface area contributed by atoms with Crippen LogP contribution in [0.1, 0.15) is 24.5 Å². The highest BCUT2D eigenvalue weighted by molar-refractivity contribution is 5.83. The van der Waals surface area contributed by atoms with Crippen molar-refractivity contribution in [3.8, 4) is 0 Å². The lowest BCUT2D eigenvalue weighted by atomic mass is 10.1. The number of nitrogens with one attached hydrogen (secondary N) is 1. The number of fused-ring (bicyclic) bond motifs is 1. The van der Waals surface area contributed by atoms with Gasteiger partial charge >= 0.3 is 0 Å². The van der Waals surface area contributed by atoms with Crippen LogP contribution in [0.2, 0.25) is 0 Å². The van der Waals surface area contributed by atoms with Crippen molar-refractivity contribution < 1.29 is 0 Å². The topological polar surface area (TPSA) is 15.8 Å². The van der Waals surface area contributed by atoms with E-state index in [1.54, 1.807) is 0 Å². The van der Waals surface area contributed by atoms with Crippen molar-refractivity contribution >= 4 is 10.9 Å². The first-order chi connectivity index (χ1) is 6.31. The molecule has 68 valence electrons. The standard InChI is InChI=1S/C12H15N/c1-3-4-10-5-6-12-11(7-10)9(2)8-13-12/h5-8,13H,3-4H2,1-2H3. The quantitative estimate of drug-likeness (QED) is 0.716. The Bertz CT molecular complexity index is 412. The Morgan fingerprint density at radius 1 is 1.31 bits per heavy atom. The smallest absolute Gasteiger partial charge is 0.0456 e. The number of aryl methyl sites for hydroxylation is 2. The normalized spacial score (nSPS) is 10.9. The van der Waals surface area contributed by atoms with Crippen LogP contribution < -0.4 is 0 Å². The van der Waals surface area contributed by atoms with Gasteiger partial charge in [0.2, 0.25) is 0 Å². The Kier molecular flexibility index (Phi) is 2.09. The van der Waals surface area contributed by atoms with Crippen LogP contribution in [0.15, 0.2) is 24.4 Å². The highest BCUT2D eigenvalue weighted by Gasteiger charge is 1.99. The molecule has 1 aromatic carbocycles. The van der Waals surface area contributed by atoms with Gasteiger partial charge in [-0.25, -0.2) is 0 Å². The van der Waals surface area contributed by atoms with E-state index in [0.29, 0.717) is 0 Å². The van der Waals surface area contributed by atoms with Crippen LogP contribution in [0.3, 0.4) is 0 Å². The molecule has 0 aliphatic heterocycles. The predicted molar refractivity (Wildman–Crippen MR) is 57.0 cm³/mol. The minimum absolute atomic E-state index is 1.18. The maximum atomic E-state index is 3.26. The summed E-state index contributed by atoms with van der Waals surface area (Å²) in [6, 6.07) is 6.68. The van der Waals surface area contributed by atoms with Crippen LogP contribution in [0, 0.1) is 6.92 Å². The maximum Gasteiger partial charge on any atom is 0.0456 e. The van der Waals surface area contributed by atoms with Crippen molar-refractivity contribution in [3.63, 3.8) is 0 Å². The first-order valence-electron chi connectivity index (χ1n) is 4.88. The van der Waals surface area contributed by atoms with E-state index in [9.17, 15) is 0 Å². The molecule has 0 aliphatic carbocycles. The summed E-state index contributed by atoms with van der Waals surface area (Å²) < 4.78 is 0. The third-order valence-corrected chi connectivity index (χ3v) is 2.49. The molecule has 0 aliphatic rings. The molecule has 1 heteroatoms. The van der Waals surface area contributed by atoms with Gasteiger partial charge in [-0.2, -0.15) is 0 Å². The van der Waals surface area contributed by atoms with E-state index in [4.69, 9.17) is 0 Å². The van der Waals surface area contributed by atoms with Gasteiger partial charge in [0.1, 0.15) is 0 Å². The molecule has 0 saturated carbocycles. The number of hydrogen-bond acceptors (Lipinski definition) is 0. The molecule has 0 saturated heterocycles. The Hall–Kier alpha value is -1.24. The summed E-state index contributed by atoms with van der Waals surface area (Å²) in [5.41, 5.74) is 4.03. The van der Waals surface area contributed by atoms with E-state index in [1.165, 1.54) is 34.9 Å². The largest absolute Gasteiger partial charge is 0.361 e. The van der Waals surface area contributed by atoms with Crippen molar-refractivity contribution in [2.75, 3.05) is 0 Å². The first kappa shape index (κ1) is 8.36. The van der Waals surface area contributed by atoms with Crippen LogP contribution in [0.5, 0.6) is 0 Å². The number of benzene rings is 1. The zero-order valence-electron chi connectivity index (χ0n) is 8.22.